The molecule has 0 bridgehead atoms. The van der Waals surface area contributed by atoms with Crippen LogP contribution in [-0.2, 0) is 0 Å². The van der Waals surface area contributed by atoms with Gasteiger partial charge in [0.1, 0.15) is 5.75 Å². The molecule has 150 valence electrons. The summed E-state index contributed by atoms with van der Waals surface area (Å²) in [6.45, 7) is 9.59. The van der Waals surface area contributed by atoms with Gasteiger partial charge in [-0.3, -0.25) is 4.79 Å². The first-order valence-corrected chi connectivity index (χ1v) is 9.24. The molecule has 6 heteroatoms. The zero-order valence-corrected chi connectivity index (χ0v) is 17.3. The molecule has 0 aliphatic heterocycles. The minimum Gasteiger partial charge on any atom is -0.496 e. The summed E-state index contributed by atoms with van der Waals surface area (Å²) in [5.41, 5.74) is 2.45. The zero-order chi connectivity index (χ0) is 20.9. The molecule has 6 nitrogen and oxygen atoms in total. The van der Waals surface area contributed by atoms with Crippen LogP contribution in [0.5, 0.6) is 5.75 Å². The highest BCUT2D eigenvalue weighted by Crippen LogP contribution is 2.26. The number of para-hydroxylation sites is 1. The van der Waals surface area contributed by atoms with Crippen LogP contribution in [0.1, 0.15) is 55.2 Å². The van der Waals surface area contributed by atoms with Crippen molar-refractivity contribution in [2.45, 2.75) is 46.2 Å². The molecule has 0 saturated heterocycles. The van der Waals surface area contributed by atoms with Crippen molar-refractivity contribution in [3.63, 3.8) is 0 Å². The van der Waals surface area contributed by atoms with Crippen molar-refractivity contribution >= 4 is 17.6 Å². The highest BCUT2D eigenvalue weighted by atomic mass is 16.5. The van der Waals surface area contributed by atoms with Crippen molar-refractivity contribution < 1.29 is 14.3 Å². The number of urea groups is 1. The molecule has 0 heterocycles. The van der Waals surface area contributed by atoms with Gasteiger partial charge in [-0.1, -0.05) is 29.8 Å². The number of hydrogen-bond donors (Lipinski definition) is 3. The molecule has 2 aromatic rings. The molecule has 3 amide bonds. The van der Waals surface area contributed by atoms with E-state index in [0.29, 0.717) is 17.0 Å². The Labute approximate surface area is 166 Å². The molecule has 2 aromatic carbocycles. The Morgan fingerprint density at radius 2 is 1.75 bits per heavy atom. The van der Waals surface area contributed by atoms with Gasteiger partial charge in [0.25, 0.3) is 5.91 Å². The van der Waals surface area contributed by atoms with Crippen molar-refractivity contribution in [2.75, 3.05) is 12.4 Å². The summed E-state index contributed by atoms with van der Waals surface area (Å²) < 4.78 is 5.39. The van der Waals surface area contributed by atoms with Crippen molar-refractivity contribution in [1.29, 1.82) is 0 Å². The van der Waals surface area contributed by atoms with Gasteiger partial charge in [0.15, 0.2) is 0 Å². The number of rotatable bonds is 5. The second kappa shape index (κ2) is 8.78. The normalized spacial score (nSPS) is 12.1. The third kappa shape index (κ3) is 5.74. The second-order valence-corrected chi connectivity index (χ2v) is 7.82. The molecule has 0 radical (unpaired) electrons. The number of benzene rings is 2. The van der Waals surface area contributed by atoms with E-state index in [9.17, 15) is 9.59 Å². The van der Waals surface area contributed by atoms with Gasteiger partial charge in [-0.25, -0.2) is 4.79 Å². The number of aryl methyl sites for hydroxylation is 1. The van der Waals surface area contributed by atoms with Crippen LogP contribution in [0.3, 0.4) is 0 Å². The number of methoxy groups -OCH3 is 1. The van der Waals surface area contributed by atoms with E-state index in [-0.39, 0.29) is 17.5 Å². The van der Waals surface area contributed by atoms with E-state index >= 15 is 0 Å². The lowest BCUT2D eigenvalue weighted by Crippen LogP contribution is -2.41. The summed E-state index contributed by atoms with van der Waals surface area (Å²) in [6.07, 6.45) is 0. The summed E-state index contributed by atoms with van der Waals surface area (Å²) in [7, 11) is 1.60. The molecule has 1 atom stereocenters. The lowest BCUT2D eigenvalue weighted by atomic mass is 10.0. The smallest absolute Gasteiger partial charge is 0.319 e. The number of carbonyl (C=O) groups is 2. The fourth-order valence-corrected chi connectivity index (χ4v) is 2.82. The molecule has 2 rings (SSSR count). The zero-order valence-electron chi connectivity index (χ0n) is 17.3. The van der Waals surface area contributed by atoms with Crippen LogP contribution in [-0.4, -0.2) is 24.6 Å². The molecule has 3 N–H and O–H groups in total. The molecule has 0 aliphatic carbocycles. The fourth-order valence-electron chi connectivity index (χ4n) is 2.82. The second-order valence-electron chi connectivity index (χ2n) is 7.82. The average Bonchev–Trinajstić information content (AvgIpc) is 2.60. The first kappa shape index (κ1) is 21.3. The van der Waals surface area contributed by atoms with Gasteiger partial charge >= 0.3 is 6.03 Å². The van der Waals surface area contributed by atoms with E-state index in [4.69, 9.17) is 4.74 Å². The average molecular weight is 383 g/mol. The number of anilines is 1. The van der Waals surface area contributed by atoms with E-state index in [1.54, 1.807) is 31.4 Å². The molecule has 1 unspecified atom stereocenters. The van der Waals surface area contributed by atoms with Gasteiger partial charge in [-0.2, -0.15) is 0 Å². The van der Waals surface area contributed by atoms with Gasteiger partial charge in [0.2, 0.25) is 0 Å². The van der Waals surface area contributed by atoms with Crippen LogP contribution in [0.2, 0.25) is 0 Å². The molecule has 0 aromatic heterocycles. The summed E-state index contributed by atoms with van der Waals surface area (Å²) in [5, 5.41) is 8.59. The lowest BCUT2D eigenvalue weighted by molar-refractivity contribution is 0.0920. The highest BCUT2D eigenvalue weighted by molar-refractivity contribution is 6.03. The Hall–Kier alpha value is -3.02. The van der Waals surface area contributed by atoms with E-state index in [2.05, 4.69) is 16.0 Å². The molecule has 0 spiro atoms. The number of hydrogen-bond acceptors (Lipinski definition) is 3. The van der Waals surface area contributed by atoms with Crippen LogP contribution in [0, 0.1) is 6.92 Å². The summed E-state index contributed by atoms with van der Waals surface area (Å²) in [4.78, 5) is 25.1. The van der Waals surface area contributed by atoms with E-state index in [1.807, 2.05) is 52.8 Å². The summed E-state index contributed by atoms with van der Waals surface area (Å²) in [6, 6.07) is 12.1. The first-order valence-electron chi connectivity index (χ1n) is 9.24. The van der Waals surface area contributed by atoms with Gasteiger partial charge in [-0.15, -0.1) is 0 Å². The van der Waals surface area contributed by atoms with Crippen molar-refractivity contribution in [1.82, 2.24) is 10.6 Å². The molecular formula is C22H29N3O3. The Bertz CT molecular complexity index is 856. The van der Waals surface area contributed by atoms with Crippen LogP contribution in [0.15, 0.2) is 42.5 Å². The maximum atomic E-state index is 12.5. The molecular weight excluding hydrogens is 354 g/mol. The van der Waals surface area contributed by atoms with Crippen LogP contribution < -0.4 is 20.7 Å². The maximum absolute atomic E-state index is 12.5. The minimum absolute atomic E-state index is 0.239. The quantitative estimate of drug-likeness (QED) is 0.715. The summed E-state index contributed by atoms with van der Waals surface area (Å²) >= 11 is 0. The number of nitrogens with one attached hydrogen (secondary N) is 3. The van der Waals surface area contributed by atoms with Crippen molar-refractivity contribution in [3.05, 3.63) is 59.2 Å². The fraction of sp³-hybridized carbons (Fsp3) is 0.364. The number of ether oxygens (including phenoxy) is 1. The number of amides is 3. The van der Waals surface area contributed by atoms with Gasteiger partial charge in [0.05, 0.1) is 24.4 Å². The molecule has 0 saturated carbocycles. The Kier molecular flexibility index (Phi) is 6.67. The molecule has 28 heavy (non-hydrogen) atoms. The Balaban J connectivity index is 2.14. The van der Waals surface area contributed by atoms with Gasteiger partial charge < -0.3 is 20.7 Å². The van der Waals surface area contributed by atoms with Crippen LogP contribution in [0.4, 0.5) is 10.5 Å². The monoisotopic (exact) mass is 383 g/mol. The Morgan fingerprint density at radius 1 is 1.07 bits per heavy atom. The third-order valence-electron chi connectivity index (χ3n) is 4.11. The maximum Gasteiger partial charge on any atom is 0.319 e. The van der Waals surface area contributed by atoms with Gasteiger partial charge in [0, 0.05) is 11.1 Å². The standard InChI is InChI=1S/C22H29N3O3/c1-14-11-12-19(28-6)17(13-14)15(2)23-21(27)24-18-10-8-7-9-16(18)20(26)25-22(3,4)5/h7-13,15H,1-6H3,(H,25,26)(H2,23,24,27). The predicted molar refractivity (Wildman–Crippen MR) is 112 cm³/mol. The Morgan fingerprint density at radius 3 is 2.39 bits per heavy atom. The number of carbonyl (C=O) groups excluding carboxylic acids is 2. The minimum atomic E-state index is -0.396. The largest absolute Gasteiger partial charge is 0.496 e. The van der Waals surface area contributed by atoms with E-state index in [0.717, 1.165) is 11.1 Å². The van der Waals surface area contributed by atoms with Crippen molar-refractivity contribution in [2.24, 2.45) is 0 Å². The first-order chi connectivity index (χ1) is 13.1. The third-order valence-corrected chi connectivity index (χ3v) is 4.11. The SMILES string of the molecule is COc1ccc(C)cc1C(C)NC(=O)Nc1ccccc1C(=O)NC(C)(C)C. The lowest BCUT2D eigenvalue weighted by Gasteiger charge is -2.22. The molecule has 0 fully saturated rings. The van der Waals surface area contributed by atoms with Crippen molar-refractivity contribution in [3.8, 4) is 5.75 Å². The van der Waals surface area contributed by atoms with E-state index < -0.39 is 6.03 Å². The van der Waals surface area contributed by atoms with E-state index in [1.165, 1.54) is 0 Å². The highest BCUT2D eigenvalue weighted by Gasteiger charge is 2.20. The predicted octanol–water partition coefficient (Wildman–Crippen LogP) is 4.41. The topological polar surface area (TPSA) is 79.5 Å². The van der Waals surface area contributed by atoms with Crippen LogP contribution >= 0.6 is 0 Å². The molecule has 0 aliphatic rings. The summed E-state index contributed by atoms with van der Waals surface area (Å²) in [5.74, 6) is 0.472. The van der Waals surface area contributed by atoms with Gasteiger partial charge in [-0.05, 0) is 52.8 Å². The van der Waals surface area contributed by atoms with Crippen LogP contribution in [0.25, 0.3) is 0 Å².